The maximum absolute atomic E-state index is 11.6. The van der Waals surface area contributed by atoms with Crippen LogP contribution in [0.4, 0.5) is 0 Å². The molecule has 0 radical (unpaired) electrons. The fourth-order valence-electron chi connectivity index (χ4n) is 2.62. The van der Waals surface area contributed by atoms with Crippen LogP contribution in [0, 0.1) is 17.3 Å². The zero-order valence-corrected chi connectivity index (χ0v) is 10.1. The molecule has 0 saturated heterocycles. The average Bonchev–Trinajstić information content (AvgIpc) is 2.32. The lowest BCUT2D eigenvalue weighted by Crippen LogP contribution is -2.25. The number of hydrogen-bond donors (Lipinski definition) is 0. The first-order valence-electron chi connectivity index (χ1n) is 6.00. The molecule has 0 aromatic heterocycles. The van der Waals surface area contributed by atoms with E-state index >= 15 is 0 Å². The first kappa shape index (κ1) is 11.7. The number of carbonyl (C=O) groups excluding carboxylic acids is 1. The molecule has 14 heavy (non-hydrogen) atoms. The SMILES string of the molecule is CCCC(=O)CC1CCC(C)C1(C)C. The molecule has 1 saturated carbocycles. The van der Waals surface area contributed by atoms with Crippen molar-refractivity contribution in [3.05, 3.63) is 0 Å². The van der Waals surface area contributed by atoms with Crippen LogP contribution in [0.15, 0.2) is 0 Å². The van der Waals surface area contributed by atoms with Crippen molar-refractivity contribution < 1.29 is 4.79 Å². The number of Topliss-reactive ketones (excluding diaryl/α,β-unsaturated/α-hetero) is 1. The summed E-state index contributed by atoms with van der Waals surface area (Å²) in [5, 5.41) is 0. The van der Waals surface area contributed by atoms with Gasteiger partial charge in [-0.2, -0.15) is 0 Å². The maximum Gasteiger partial charge on any atom is 0.133 e. The minimum absolute atomic E-state index is 0.378. The Balaban J connectivity index is 2.50. The van der Waals surface area contributed by atoms with E-state index in [1.165, 1.54) is 12.8 Å². The van der Waals surface area contributed by atoms with Crippen LogP contribution in [0.25, 0.3) is 0 Å². The molecule has 1 aliphatic carbocycles. The van der Waals surface area contributed by atoms with Crippen molar-refractivity contribution in [2.75, 3.05) is 0 Å². The van der Waals surface area contributed by atoms with E-state index < -0.39 is 0 Å². The van der Waals surface area contributed by atoms with Gasteiger partial charge in [0, 0.05) is 12.8 Å². The lowest BCUT2D eigenvalue weighted by molar-refractivity contribution is -0.120. The topological polar surface area (TPSA) is 17.1 Å². The van der Waals surface area contributed by atoms with Gasteiger partial charge >= 0.3 is 0 Å². The van der Waals surface area contributed by atoms with Gasteiger partial charge in [0.25, 0.3) is 0 Å². The van der Waals surface area contributed by atoms with Crippen LogP contribution >= 0.6 is 0 Å². The van der Waals surface area contributed by atoms with Gasteiger partial charge in [0.15, 0.2) is 0 Å². The van der Waals surface area contributed by atoms with Gasteiger partial charge in [-0.05, 0) is 36.5 Å². The van der Waals surface area contributed by atoms with Gasteiger partial charge in [-0.1, -0.05) is 27.7 Å². The Morgan fingerprint density at radius 2 is 2.00 bits per heavy atom. The molecule has 0 aromatic carbocycles. The van der Waals surface area contributed by atoms with Crippen LogP contribution in [0.2, 0.25) is 0 Å². The summed E-state index contributed by atoms with van der Waals surface area (Å²) >= 11 is 0. The Bertz CT molecular complexity index is 205. The summed E-state index contributed by atoms with van der Waals surface area (Å²) in [6.07, 6.45) is 5.16. The molecule has 0 heterocycles. The monoisotopic (exact) mass is 196 g/mol. The molecule has 0 amide bonds. The lowest BCUT2D eigenvalue weighted by Gasteiger charge is -2.30. The van der Waals surface area contributed by atoms with Crippen molar-refractivity contribution in [3.8, 4) is 0 Å². The summed E-state index contributed by atoms with van der Waals surface area (Å²) in [6.45, 7) is 9.06. The molecule has 0 aromatic rings. The number of rotatable bonds is 4. The number of carbonyl (C=O) groups is 1. The molecule has 0 spiro atoms. The number of hydrogen-bond acceptors (Lipinski definition) is 1. The van der Waals surface area contributed by atoms with E-state index in [-0.39, 0.29) is 0 Å². The van der Waals surface area contributed by atoms with Crippen molar-refractivity contribution in [3.63, 3.8) is 0 Å². The predicted molar refractivity (Wildman–Crippen MR) is 60.2 cm³/mol. The molecule has 2 atom stereocenters. The molecule has 1 aliphatic rings. The summed E-state index contributed by atoms with van der Waals surface area (Å²) in [7, 11) is 0. The highest BCUT2D eigenvalue weighted by atomic mass is 16.1. The van der Waals surface area contributed by atoms with Crippen LogP contribution in [-0.4, -0.2) is 5.78 Å². The Hall–Kier alpha value is -0.330. The third-order valence-corrected chi connectivity index (χ3v) is 4.27. The first-order valence-corrected chi connectivity index (χ1v) is 6.00. The van der Waals surface area contributed by atoms with E-state index in [2.05, 4.69) is 27.7 Å². The molecule has 1 nitrogen and oxygen atoms in total. The van der Waals surface area contributed by atoms with Crippen LogP contribution in [0.5, 0.6) is 0 Å². The van der Waals surface area contributed by atoms with E-state index in [4.69, 9.17) is 0 Å². The zero-order chi connectivity index (χ0) is 10.8. The lowest BCUT2D eigenvalue weighted by atomic mass is 9.74. The average molecular weight is 196 g/mol. The van der Waals surface area contributed by atoms with E-state index in [1.54, 1.807) is 0 Å². The quantitative estimate of drug-likeness (QED) is 0.668. The van der Waals surface area contributed by atoms with Gasteiger partial charge in [-0.3, -0.25) is 4.79 Å². The van der Waals surface area contributed by atoms with Crippen molar-refractivity contribution in [1.29, 1.82) is 0 Å². The zero-order valence-electron chi connectivity index (χ0n) is 10.1. The second kappa shape index (κ2) is 4.46. The standard InChI is InChI=1S/C13H24O/c1-5-6-12(14)9-11-8-7-10(2)13(11,3)4/h10-11H,5-9H2,1-4H3. The molecule has 1 fully saturated rings. The Morgan fingerprint density at radius 3 is 2.43 bits per heavy atom. The summed E-state index contributed by atoms with van der Waals surface area (Å²) < 4.78 is 0. The van der Waals surface area contributed by atoms with Crippen LogP contribution < -0.4 is 0 Å². The second-order valence-electron chi connectivity index (χ2n) is 5.49. The van der Waals surface area contributed by atoms with Gasteiger partial charge in [0.05, 0.1) is 0 Å². The molecule has 1 heteroatoms. The molecule has 2 unspecified atom stereocenters. The van der Waals surface area contributed by atoms with E-state index in [9.17, 15) is 4.79 Å². The Morgan fingerprint density at radius 1 is 1.36 bits per heavy atom. The second-order valence-corrected chi connectivity index (χ2v) is 5.49. The third-order valence-electron chi connectivity index (χ3n) is 4.27. The first-order chi connectivity index (χ1) is 6.48. The van der Waals surface area contributed by atoms with Gasteiger partial charge in [0.1, 0.15) is 5.78 Å². The maximum atomic E-state index is 11.6. The van der Waals surface area contributed by atoms with E-state index in [1.807, 2.05) is 0 Å². The number of ketones is 1. The normalized spacial score (nSPS) is 30.6. The Kier molecular flexibility index (Phi) is 3.74. The summed E-state index contributed by atoms with van der Waals surface area (Å²) in [4.78, 5) is 11.6. The Labute approximate surface area is 88.3 Å². The van der Waals surface area contributed by atoms with Crippen LogP contribution in [0.3, 0.4) is 0 Å². The molecule has 1 rings (SSSR count). The smallest absolute Gasteiger partial charge is 0.133 e. The fourth-order valence-corrected chi connectivity index (χ4v) is 2.62. The molecule has 0 aliphatic heterocycles. The molecule has 0 N–H and O–H groups in total. The van der Waals surface area contributed by atoms with Crippen LogP contribution in [0.1, 0.15) is 59.8 Å². The fraction of sp³-hybridized carbons (Fsp3) is 0.923. The highest BCUT2D eigenvalue weighted by molar-refractivity contribution is 5.78. The highest BCUT2D eigenvalue weighted by Crippen LogP contribution is 2.48. The summed E-state index contributed by atoms with van der Waals surface area (Å²) in [5.74, 6) is 1.89. The van der Waals surface area contributed by atoms with Gasteiger partial charge in [-0.25, -0.2) is 0 Å². The molecular weight excluding hydrogens is 172 g/mol. The molecule has 82 valence electrons. The minimum atomic E-state index is 0.378. The molecule has 0 bridgehead atoms. The predicted octanol–water partition coefficient (Wildman–Crippen LogP) is 3.82. The minimum Gasteiger partial charge on any atom is -0.300 e. The van der Waals surface area contributed by atoms with Gasteiger partial charge in [0.2, 0.25) is 0 Å². The highest BCUT2D eigenvalue weighted by Gasteiger charge is 2.40. The van der Waals surface area contributed by atoms with Crippen molar-refractivity contribution in [2.45, 2.75) is 59.8 Å². The summed E-state index contributed by atoms with van der Waals surface area (Å²) in [6, 6.07) is 0. The summed E-state index contributed by atoms with van der Waals surface area (Å²) in [5.41, 5.74) is 0.378. The van der Waals surface area contributed by atoms with Crippen molar-refractivity contribution in [1.82, 2.24) is 0 Å². The van der Waals surface area contributed by atoms with Gasteiger partial charge in [-0.15, -0.1) is 0 Å². The third kappa shape index (κ3) is 2.37. The molecular formula is C13H24O. The van der Waals surface area contributed by atoms with Crippen molar-refractivity contribution >= 4 is 5.78 Å². The van der Waals surface area contributed by atoms with E-state index in [0.717, 1.165) is 25.2 Å². The van der Waals surface area contributed by atoms with Crippen LogP contribution in [-0.2, 0) is 4.79 Å². The van der Waals surface area contributed by atoms with E-state index in [0.29, 0.717) is 17.1 Å². The van der Waals surface area contributed by atoms with Crippen molar-refractivity contribution in [2.24, 2.45) is 17.3 Å². The largest absolute Gasteiger partial charge is 0.300 e. The van der Waals surface area contributed by atoms with Gasteiger partial charge < -0.3 is 0 Å².